The molecule has 1 N–H and O–H groups in total. The van der Waals surface area contributed by atoms with Gasteiger partial charge in [-0.15, -0.1) is 0 Å². The summed E-state index contributed by atoms with van der Waals surface area (Å²) in [6.45, 7) is 18.3. The second-order valence-corrected chi connectivity index (χ2v) is 15.8. The van der Waals surface area contributed by atoms with Crippen molar-refractivity contribution < 1.29 is 38.3 Å². The van der Waals surface area contributed by atoms with E-state index < -0.39 is 77.7 Å². The summed E-state index contributed by atoms with van der Waals surface area (Å²) in [5, 5.41) is 2.80. The Morgan fingerprint density at radius 2 is 1.60 bits per heavy atom. The van der Waals surface area contributed by atoms with Crippen LogP contribution in [-0.2, 0) is 38.3 Å². The summed E-state index contributed by atoms with van der Waals surface area (Å²) in [4.78, 5) is 99.8. The molecule has 0 radical (unpaired) electrons. The topological polar surface area (TPSA) is 154 Å². The van der Waals surface area contributed by atoms with Gasteiger partial charge in [0, 0.05) is 39.6 Å². The molecule has 5 unspecified atom stereocenters. The number of likely N-dealkylation sites (N-methyl/N-ethyl adjacent to an activating group) is 2. The van der Waals surface area contributed by atoms with Crippen molar-refractivity contribution in [3.05, 3.63) is 12.2 Å². The highest BCUT2D eigenvalue weighted by Crippen LogP contribution is 2.27. The lowest BCUT2D eigenvalue weighted by Crippen LogP contribution is -2.62. The van der Waals surface area contributed by atoms with Crippen LogP contribution in [0.2, 0.25) is 0 Å². The van der Waals surface area contributed by atoms with E-state index in [9.17, 15) is 33.6 Å². The van der Waals surface area contributed by atoms with Crippen molar-refractivity contribution in [2.75, 3.05) is 20.6 Å². The van der Waals surface area contributed by atoms with Gasteiger partial charge in [-0.1, -0.05) is 73.8 Å². The van der Waals surface area contributed by atoms with Crippen LogP contribution in [0, 0.1) is 23.7 Å². The Hall–Kier alpha value is -3.77. The monoisotopic (exact) mass is 731 g/mol. The number of hydrogen-bond acceptors (Lipinski definition) is 8. The van der Waals surface area contributed by atoms with Crippen LogP contribution < -0.4 is 5.32 Å². The van der Waals surface area contributed by atoms with Gasteiger partial charge in [0.2, 0.25) is 23.6 Å². The maximum absolute atomic E-state index is 14.4. The first-order valence-corrected chi connectivity index (χ1v) is 19.1. The Labute approximate surface area is 311 Å². The van der Waals surface area contributed by atoms with Crippen molar-refractivity contribution in [3.8, 4) is 0 Å². The number of rotatable bonds is 18. The lowest BCUT2D eigenvalue weighted by Gasteiger charge is -2.38. The van der Waals surface area contributed by atoms with Crippen molar-refractivity contribution in [2.45, 2.75) is 150 Å². The number of nitrogens with zero attached hydrogens (tertiary/aromatic N) is 4. The zero-order valence-corrected chi connectivity index (χ0v) is 33.6. The minimum absolute atomic E-state index is 0.0289. The van der Waals surface area contributed by atoms with Gasteiger partial charge in [-0.2, -0.15) is 0 Å². The SMILES string of the molecule is CCCCC(C)CC(C)C(=O)N(C)[C@@H](CC(C)C)C(=O)NC(C(=O)N(C)[C@H](C(=O)N1CCC[C@H]1C(=O)N1C(=O)C=CC1C)C(C)C)C(C)OC(C)=O. The average Bonchev–Trinajstić information content (AvgIpc) is 3.69. The van der Waals surface area contributed by atoms with Gasteiger partial charge in [-0.3, -0.25) is 38.5 Å². The van der Waals surface area contributed by atoms with Crippen molar-refractivity contribution in [1.29, 1.82) is 0 Å². The fraction of sp³-hybridized carbons (Fsp3) is 0.769. The molecule has 0 spiro atoms. The third-order valence-corrected chi connectivity index (χ3v) is 10.3. The summed E-state index contributed by atoms with van der Waals surface area (Å²) < 4.78 is 5.43. The van der Waals surface area contributed by atoms with E-state index in [4.69, 9.17) is 4.74 Å². The molecular formula is C39H65N5O8. The predicted molar refractivity (Wildman–Crippen MR) is 198 cm³/mol. The Bertz CT molecular complexity index is 1330. The van der Waals surface area contributed by atoms with Crippen LogP contribution in [-0.4, -0.2) is 118 Å². The first-order valence-electron chi connectivity index (χ1n) is 19.1. The molecule has 0 aromatic heterocycles. The van der Waals surface area contributed by atoms with Gasteiger partial charge in [0.15, 0.2) is 0 Å². The number of ether oxygens (including phenoxy) is 1. The largest absolute Gasteiger partial charge is 0.460 e. The molecule has 6 amide bonds. The maximum atomic E-state index is 14.4. The van der Waals surface area contributed by atoms with Crippen molar-refractivity contribution in [3.63, 3.8) is 0 Å². The van der Waals surface area contributed by atoms with E-state index in [0.29, 0.717) is 31.6 Å². The second kappa shape index (κ2) is 19.9. The number of unbranched alkanes of at least 4 members (excludes halogenated alkanes) is 1. The number of hydrogen-bond donors (Lipinski definition) is 1. The summed E-state index contributed by atoms with van der Waals surface area (Å²) in [5.41, 5.74) is 0. The van der Waals surface area contributed by atoms with Crippen molar-refractivity contribution in [1.82, 2.24) is 24.9 Å². The number of esters is 1. The molecule has 0 saturated carbocycles. The minimum atomic E-state index is -1.38. The number of amides is 6. The Morgan fingerprint density at radius 3 is 2.12 bits per heavy atom. The van der Waals surface area contributed by atoms with Crippen LogP contribution in [0.4, 0.5) is 0 Å². The second-order valence-electron chi connectivity index (χ2n) is 15.8. The quantitative estimate of drug-likeness (QED) is 0.164. The number of carbonyl (C=O) groups excluding carboxylic acids is 7. The van der Waals surface area contributed by atoms with Gasteiger partial charge in [0.25, 0.3) is 11.8 Å². The first kappa shape index (κ1) is 44.4. The van der Waals surface area contributed by atoms with Crippen LogP contribution in [0.3, 0.4) is 0 Å². The summed E-state index contributed by atoms with van der Waals surface area (Å²) in [5.74, 6) is -3.76. The van der Waals surface area contributed by atoms with Crippen LogP contribution in [0.25, 0.3) is 0 Å². The van der Waals surface area contributed by atoms with Gasteiger partial charge < -0.3 is 24.8 Å². The van der Waals surface area contributed by atoms with E-state index in [1.165, 1.54) is 41.7 Å². The lowest BCUT2D eigenvalue weighted by molar-refractivity contribution is -0.157. The molecule has 0 aliphatic carbocycles. The highest BCUT2D eigenvalue weighted by molar-refractivity contribution is 6.06. The fourth-order valence-electron chi connectivity index (χ4n) is 7.49. The van der Waals surface area contributed by atoms with E-state index in [1.54, 1.807) is 33.9 Å². The van der Waals surface area contributed by atoms with Gasteiger partial charge in [0.05, 0.1) is 6.04 Å². The van der Waals surface area contributed by atoms with Crippen LogP contribution in [0.1, 0.15) is 114 Å². The first-order chi connectivity index (χ1) is 24.2. The normalized spacial score (nSPS) is 20.7. The molecule has 8 atom stereocenters. The minimum Gasteiger partial charge on any atom is -0.460 e. The standard InChI is InChI=1S/C39H65N5O8/c1-13-14-16-25(6)22-26(7)36(48)41(11)31(21-23(2)3)35(47)40-33(28(9)52-29(10)45)38(50)42(12)34(24(4)5)39(51)43-20-15-17-30(43)37(49)44-27(8)18-19-32(44)46/h18-19,23-28,30-31,33-34H,13-17,20-22H2,1-12H3,(H,40,47)/t25?,26?,27?,28?,30-,31-,33?,34-/m0/s1. The molecule has 294 valence electrons. The van der Waals surface area contributed by atoms with Crippen LogP contribution >= 0.6 is 0 Å². The van der Waals surface area contributed by atoms with Gasteiger partial charge in [0.1, 0.15) is 30.3 Å². The van der Waals surface area contributed by atoms with Gasteiger partial charge in [-0.25, -0.2) is 0 Å². The van der Waals surface area contributed by atoms with Crippen molar-refractivity contribution >= 4 is 41.4 Å². The zero-order valence-electron chi connectivity index (χ0n) is 33.6. The molecule has 52 heavy (non-hydrogen) atoms. The third-order valence-electron chi connectivity index (χ3n) is 10.3. The van der Waals surface area contributed by atoms with Gasteiger partial charge in [-0.05, 0) is 57.3 Å². The molecule has 1 fully saturated rings. The summed E-state index contributed by atoms with van der Waals surface area (Å²) in [6.07, 6.45) is 6.99. The van der Waals surface area contributed by atoms with E-state index in [2.05, 4.69) is 19.2 Å². The smallest absolute Gasteiger partial charge is 0.302 e. The molecule has 2 aliphatic rings. The molecule has 1 saturated heterocycles. The molecule has 2 heterocycles. The predicted octanol–water partition coefficient (Wildman–Crippen LogP) is 3.94. The molecule has 0 bridgehead atoms. The molecule has 2 rings (SSSR count). The maximum Gasteiger partial charge on any atom is 0.302 e. The Balaban J connectivity index is 2.38. The van der Waals surface area contributed by atoms with Gasteiger partial charge >= 0.3 is 5.97 Å². The average molecular weight is 732 g/mol. The zero-order chi connectivity index (χ0) is 39.6. The lowest BCUT2D eigenvalue weighted by atomic mass is 9.91. The molecule has 13 nitrogen and oxygen atoms in total. The molecule has 0 aromatic rings. The van der Waals surface area contributed by atoms with E-state index in [1.807, 2.05) is 20.8 Å². The van der Waals surface area contributed by atoms with Crippen molar-refractivity contribution in [2.24, 2.45) is 23.7 Å². The molecule has 0 aromatic carbocycles. The number of likely N-dealkylation sites (tertiary alicyclic amines) is 1. The number of carbonyl (C=O) groups is 7. The van der Waals surface area contributed by atoms with E-state index in [0.717, 1.165) is 24.2 Å². The third kappa shape index (κ3) is 11.4. The Morgan fingerprint density at radius 1 is 0.962 bits per heavy atom. The summed E-state index contributed by atoms with van der Waals surface area (Å²) in [6, 6.07) is -4.62. The van der Waals surface area contributed by atoms with Crippen LogP contribution in [0.15, 0.2) is 12.2 Å². The molecule has 13 heteroatoms. The van der Waals surface area contributed by atoms with E-state index in [-0.39, 0.29) is 24.3 Å². The molecular weight excluding hydrogens is 666 g/mol. The van der Waals surface area contributed by atoms with Crippen LogP contribution in [0.5, 0.6) is 0 Å². The Kier molecular flexibility index (Phi) is 17.0. The molecule has 2 aliphatic heterocycles. The highest BCUT2D eigenvalue weighted by Gasteiger charge is 2.46. The number of nitrogens with one attached hydrogen (secondary N) is 1. The summed E-state index contributed by atoms with van der Waals surface area (Å²) >= 11 is 0. The summed E-state index contributed by atoms with van der Waals surface area (Å²) in [7, 11) is 3.06. The fourth-order valence-corrected chi connectivity index (χ4v) is 7.49. The van der Waals surface area contributed by atoms with E-state index >= 15 is 0 Å². The number of imide groups is 1. The highest BCUT2D eigenvalue weighted by atomic mass is 16.5.